The number of carbonyl (C=O) groups excluding carboxylic acids is 1. The molecule has 26 heavy (non-hydrogen) atoms. The van der Waals surface area contributed by atoms with Crippen LogP contribution >= 0.6 is 0 Å². The highest BCUT2D eigenvalue weighted by Gasteiger charge is 2.28. The van der Waals surface area contributed by atoms with Crippen molar-refractivity contribution in [3.05, 3.63) is 65.7 Å². The second-order valence-electron chi connectivity index (χ2n) is 5.58. The van der Waals surface area contributed by atoms with Crippen molar-refractivity contribution in [3.63, 3.8) is 0 Å². The number of rotatable bonds is 6. The molecule has 0 fully saturated rings. The molecule has 2 aromatic rings. The lowest BCUT2D eigenvalue weighted by molar-refractivity contribution is -0.123. The van der Waals surface area contributed by atoms with Gasteiger partial charge in [0.1, 0.15) is 6.54 Å². The van der Waals surface area contributed by atoms with Crippen molar-refractivity contribution in [2.24, 2.45) is 0 Å². The maximum absolute atomic E-state index is 12.4. The quantitative estimate of drug-likeness (QED) is 0.801. The largest absolute Gasteiger partial charge is 0.405 e. The van der Waals surface area contributed by atoms with E-state index in [1.807, 2.05) is 6.07 Å². The Morgan fingerprint density at radius 1 is 1.04 bits per heavy atom. The maximum atomic E-state index is 12.4. The first-order valence-corrected chi connectivity index (χ1v) is 9.09. The predicted molar refractivity (Wildman–Crippen MR) is 90.0 cm³/mol. The van der Waals surface area contributed by atoms with Gasteiger partial charge < -0.3 is 5.32 Å². The lowest BCUT2D eigenvalue weighted by Gasteiger charge is -2.15. The van der Waals surface area contributed by atoms with Crippen LogP contribution in [0.4, 0.5) is 13.2 Å². The topological polar surface area (TPSA) is 75.3 Å². The van der Waals surface area contributed by atoms with E-state index in [9.17, 15) is 26.4 Å². The summed E-state index contributed by atoms with van der Waals surface area (Å²) in [5.74, 6) is -0.933. The minimum Gasteiger partial charge on any atom is -0.343 e. The molecule has 140 valence electrons. The van der Waals surface area contributed by atoms with Crippen molar-refractivity contribution < 1.29 is 26.4 Å². The molecule has 0 aliphatic heterocycles. The van der Waals surface area contributed by atoms with Crippen LogP contribution in [0.5, 0.6) is 0 Å². The molecule has 1 amide bonds. The Hall–Kier alpha value is -2.39. The van der Waals surface area contributed by atoms with E-state index in [1.54, 1.807) is 36.5 Å². The Morgan fingerprint density at radius 2 is 1.62 bits per heavy atom. The van der Waals surface area contributed by atoms with Crippen molar-refractivity contribution in [1.29, 1.82) is 0 Å². The third-order valence-corrected chi connectivity index (χ3v) is 5.06. The van der Waals surface area contributed by atoms with Gasteiger partial charge in [-0.25, -0.2) is 13.1 Å². The van der Waals surface area contributed by atoms with Crippen LogP contribution in [-0.4, -0.2) is 27.0 Å². The van der Waals surface area contributed by atoms with Crippen molar-refractivity contribution in [2.45, 2.75) is 24.0 Å². The van der Waals surface area contributed by atoms with Gasteiger partial charge in [0.05, 0.1) is 4.90 Å². The summed E-state index contributed by atoms with van der Waals surface area (Å²) in [6.45, 7) is 0.230. The van der Waals surface area contributed by atoms with Crippen LogP contribution in [0, 0.1) is 0 Å². The molecule has 1 atom stereocenters. The Kier molecular flexibility index (Phi) is 6.04. The standard InChI is InChI=1S/C17H17F3N2O3S/c1-12(13-5-3-2-4-6-13)22-26(24,25)15-9-7-14(8-10-15)16(23)21-11-17(18,19)20/h2-10,12,22H,11H2,1H3,(H,21,23)/t12-/m0/s1. The Bertz CT molecular complexity index is 851. The van der Waals surface area contributed by atoms with Gasteiger partial charge in [0.25, 0.3) is 5.91 Å². The molecule has 0 spiro atoms. The number of hydrogen-bond donors (Lipinski definition) is 2. The Labute approximate surface area is 149 Å². The van der Waals surface area contributed by atoms with Crippen LogP contribution < -0.4 is 10.0 Å². The SMILES string of the molecule is C[C@H](NS(=O)(=O)c1ccc(C(=O)NCC(F)(F)F)cc1)c1ccccc1. The fraction of sp³-hybridized carbons (Fsp3) is 0.235. The number of carbonyl (C=O) groups is 1. The summed E-state index contributed by atoms with van der Waals surface area (Å²) >= 11 is 0. The summed E-state index contributed by atoms with van der Waals surface area (Å²) in [6, 6.07) is 13.1. The minimum absolute atomic E-state index is 0.0655. The first-order valence-electron chi connectivity index (χ1n) is 7.61. The second kappa shape index (κ2) is 7.88. The number of hydrogen-bond acceptors (Lipinski definition) is 3. The number of halogens is 3. The lowest BCUT2D eigenvalue weighted by atomic mass is 10.1. The fourth-order valence-corrected chi connectivity index (χ4v) is 3.41. The van der Waals surface area contributed by atoms with Crippen LogP contribution in [-0.2, 0) is 10.0 Å². The molecule has 2 aromatic carbocycles. The third kappa shape index (κ3) is 5.57. The van der Waals surface area contributed by atoms with Crippen LogP contribution in [0.1, 0.15) is 28.9 Å². The van der Waals surface area contributed by atoms with Crippen molar-refractivity contribution in [3.8, 4) is 0 Å². The summed E-state index contributed by atoms with van der Waals surface area (Å²) in [5, 5.41) is 1.72. The van der Waals surface area contributed by atoms with Gasteiger partial charge >= 0.3 is 6.18 Å². The average molecular weight is 386 g/mol. The maximum Gasteiger partial charge on any atom is 0.405 e. The van der Waals surface area contributed by atoms with Gasteiger partial charge in [0.15, 0.2) is 0 Å². The van der Waals surface area contributed by atoms with E-state index in [4.69, 9.17) is 0 Å². The summed E-state index contributed by atoms with van der Waals surface area (Å²) in [4.78, 5) is 11.5. The summed E-state index contributed by atoms with van der Waals surface area (Å²) < 4.78 is 63.6. The van der Waals surface area contributed by atoms with Gasteiger partial charge in [-0.3, -0.25) is 4.79 Å². The highest BCUT2D eigenvalue weighted by atomic mass is 32.2. The summed E-state index contributed by atoms with van der Waals surface area (Å²) in [6.07, 6.45) is -4.52. The molecule has 5 nitrogen and oxygen atoms in total. The van der Waals surface area contributed by atoms with Gasteiger partial charge in [0, 0.05) is 11.6 Å². The van der Waals surface area contributed by atoms with Crippen LogP contribution in [0.15, 0.2) is 59.5 Å². The number of amides is 1. The van der Waals surface area contributed by atoms with Crippen LogP contribution in [0.3, 0.4) is 0 Å². The molecule has 0 aliphatic rings. The van der Waals surface area contributed by atoms with E-state index in [0.29, 0.717) is 0 Å². The molecule has 0 aliphatic carbocycles. The van der Waals surface area contributed by atoms with Crippen molar-refractivity contribution >= 4 is 15.9 Å². The molecule has 2 rings (SSSR count). The number of benzene rings is 2. The average Bonchev–Trinajstić information content (AvgIpc) is 2.59. The van der Waals surface area contributed by atoms with E-state index in [2.05, 4.69) is 4.72 Å². The number of alkyl halides is 3. The van der Waals surface area contributed by atoms with Crippen molar-refractivity contribution in [2.75, 3.05) is 6.54 Å². The molecule has 0 radical (unpaired) electrons. The highest BCUT2D eigenvalue weighted by Crippen LogP contribution is 2.17. The van der Waals surface area contributed by atoms with Crippen molar-refractivity contribution in [1.82, 2.24) is 10.0 Å². The second-order valence-corrected chi connectivity index (χ2v) is 7.29. The summed E-state index contributed by atoms with van der Waals surface area (Å²) in [5.41, 5.74) is 0.712. The monoisotopic (exact) mass is 386 g/mol. The Balaban J connectivity index is 2.07. The molecule has 0 bridgehead atoms. The van der Waals surface area contributed by atoms with Gasteiger partial charge in [-0.15, -0.1) is 0 Å². The number of sulfonamides is 1. The normalized spacial score (nSPS) is 13.2. The first kappa shape index (κ1) is 19.9. The van der Waals surface area contributed by atoms with Gasteiger partial charge in [0.2, 0.25) is 10.0 Å². The lowest BCUT2D eigenvalue weighted by Crippen LogP contribution is -2.33. The predicted octanol–water partition coefficient (Wildman–Crippen LogP) is 3.02. The zero-order chi connectivity index (χ0) is 19.4. The molecular weight excluding hydrogens is 369 g/mol. The zero-order valence-electron chi connectivity index (χ0n) is 13.7. The molecule has 0 saturated heterocycles. The van der Waals surface area contributed by atoms with E-state index >= 15 is 0 Å². The van der Waals surface area contributed by atoms with Gasteiger partial charge in [-0.1, -0.05) is 30.3 Å². The molecule has 0 heterocycles. The smallest absolute Gasteiger partial charge is 0.343 e. The molecular formula is C17H17F3N2O3S. The van der Waals surface area contributed by atoms with Crippen LogP contribution in [0.2, 0.25) is 0 Å². The van der Waals surface area contributed by atoms with E-state index in [-0.39, 0.29) is 10.5 Å². The Morgan fingerprint density at radius 3 is 2.15 bits per heavy atom. The molecule has 0 aromatic heterocycles. The minimum atomic E-state index is -4.52. The zero-order valence-corrected chi connectivity index (χ0v) is 14.6. The number of nitrogens with one attached hydrogen (secondary N) is 2. The molecule has 0 unspecified atom stereocenters. The van der Waals surface area contributed by atoms with Gasteiger partial charge in [-0.05, 0) is 36.8 Å². The van der Waals surface area contributed by atoms with Gasteiger partial charge in [-0.2, -0.15) is 13.2 Å². The first-order chi connectivity index (χ1) is 12.1. The molecule has 2 N–H and O–H groups in total. The van der Waals surface area contributed by atoms with E-state index in [1.165, 1.54) is 12.1 Å². The third-order valence-electron chi connectivity index (χ3n) is 3.51. The van der Waals surface area contributed by atoms with E-state index < -0.39 is 34.7 Å². The highest BCUT2D eigenvalue weighted by molar-refractivity contribution is 7.89. The summed E-state index contributed by atoms with van der Waals surface area (Å²) in [7, 11) is -3.85. The molecule has 0 saturated carbocycles. The van der Waals surface area contributed by atoms with Crippen LogP contribution in [0.25, 0.3) is 0 Å². The van der Waals surface area contributed by atoms with E-state index in [0.717, 1.165) is 17.7 Å². The fourth-order valence-electron chi connectivity index (χ4n) is 2.18. The molecule has 9 heteroatoms.